The highest BCUT2D eigenvalue weighted by atomic mass is 35.5. The molecule has 0 aliphatic heterocycles. The van der Waals surface area contributed by atoms with E-state index in [9.17, 15) is 4.79 Å². The molecule has 0 bridgehead atoms. The number of carbonyl (C=O) groups excluding carboxylic acids is 1. The number of benzene rings is 1. The minimum Gasteiger partial charge on any atom is -0.398 e. The van der Waals surface area contributed by atoms with E-state index in [0.29, 0.717) is 22.8 Å². The van der Waals surface area contributed by atoms with Crippen molar-refractivity contribution in [2.45, 2.75) is 6.42 Å². The van der Waals surface area contributed by atoms with Crippen LogP contribution in [-0.4, -0.2) is 22.2 Å². The highest BCUT2D eigenvalue weighted by molar-refractivity contribution is 6.36. The zero-order valence-corrected chi connectivity index (χ0v) is 11.3. The minimum atomic E-state index is -0.221. The molecule has 0 aliphatic rings. The number of aromatic nitrogens is 2. The number of nitrogens with zero attached hydrogens (tertiary/aromatic N) is 2. The van der Waals surface area contributed by atoms with E-state index in [1.165, 1.54) is 0 Å². The molecule has 2 aromatic rings. The normalized spacial score (nSPS) is 10.4. The highest BCUT2D eigenvalue weighted by Gasteiger charge is 2.11. The zero-order valence-electron chi connectivity index (χ0n) is 10.6. The summed E-state index contributed by atoms with van der Waals surface area (Å²) < 4.78 is 1.73. The summed E-state index contributed by atoms with van der Waals surface area (Å²) in [5, 5.41) is 7.17. The van der Waals surface area contributed by atoms with Crippen molar-refractivity contribution in [1.82, 2.24) is 15.1 Å². The Morgan fingerprint density at radius 3 is 3.00 bits per heavy atom. The van der Waals surface area contributed by atoms with Crippen molar-refractivity contribution >= 4 is 23.2 Å². The number of nitrogens with one attached hydrogen (secondary N) is 1. The largest absolute Gasteiger partial charge is 0.398 e. The Balaban J connectivity index is 1.93. The summed E-state index contributed by atoms with van der Waals surface area (Å²) in [6.45, 7) is 0.523. The molecule has 1 heterocycles. The first-order chi connectivity index (χ1) is 9.08. The first kappa shape index (κ1) is 13.4. The molecule has 1 aromatic heterocycles. The number of anilines is 1. The second-order valence-electron chi connectivity index (χ2n) is 4.24. The molecule has 2 rings (SSSR count). The second-order valence-corrected chi connectivity index (χ2v) is 4.61. The Kier molecular flexibility index (Phi) is 4.06. The standard InChI is InChI=1S/C13H15ClN4O/c1-18-8-9(7-17-18)5-6-16-13(19)10-3-2-4-11(15)12(10)14/h2-4,7-8H,5-6,15H2,1H3,(H,16,19). The van der Waals surface area contributed by atoms with Gasteiger partial charge in [0.15, 0.2) is 0 Å². The van der Waals surface area contributed by atoms with Crippen molar-refractivity contribution in [1.29, 1.82) is 0 Å². The summed E-state index contributed by atoms with van der Waals surface area (Å²) in [7, 11) is 1.86. The SMILES string of the molecule is Cn1cc(CCNC(=O)c2cccc(N)c2Cl)cn1. The lowest BCUT2D eigenvalue weighted by Crippen LogP contribution is -2.26. The van der Waals surface area contributed by atoms with E-state index >= 15 is 0 Å². The summed E-state index contributed by atoms with van der Waals surface area (Å²) in [5.74, 6) is -0.221. The predicted molar refractivity (Wildman–Crippen MR) is 75.1 cm³/mol. The van der Waals surface area contributed by atoms with Crippen molar-refractivity contribution in [3.63, 3.8) is 0 Å². The Hall–Kier alpha value is -2.01. The van der Waals surface area contributed by atoms with E-state index in [1.54, 1.807) is 29.1 Å². The number of nitrogen functional groups attached to an aromatic ring is 1. The van der Waals surface area contributed by atoms with Gasteiger partial charge in [-0.15, -0.1) is 0 Å². The molecule has 0 spiro atoms. The number of rotatable bonds is 4. The first-order valence-electron chi connectivity index (χ1n) is 5.87. The molecule has 1 amide bonds. The topological polar surface area (TPSA) is 72.9 Å². The highest BCUT2D eigenvalue weighted by Crippen LogP contribution is 2.22. The number of amides is 1. The average Bonchev–Trinajstić information content (AvgIpc) is 2.78. The van der Waals surface area contributed by atoms with E-state index in [-0.39, 0.29) is 5.91 Å². The van der Waals surface area contributed by atoms with Crippen LogP contribution >= 0.6 is 11.6 Å². The van der Waals surface area contributed by atoms with Gasteiger partial charge in [-0.3, -0.25) is 9.48 Å². The third kappa shape index (κ3) is 3.26. The van der Waals surface area contributed by atoms with Crippen molar-refractivity contribution in [3.8, 4) is 0 Å². The summed E-state index contributed by atoms with van der Waals surface area (Å²) in [4.78, 5) is 11.9. The number of aryl methyl sites for hydroxylation is 1. The molecule has 0 aliphatic carbocycles. The maximum Gasteiger partial charge on any atom is 0.252 e. The fraction of sp³-hybridized carbons (Fsp3) is 0.231. The van der Waals surface area contributed by atoms with Crippen LogP contribution in [0.5, 0.6) is 0 Å². The van der Waals surface area contributed by atoms with Gasteiger partial charge in [-0.2, -0.15) is 5.10 Å². The van der Waals surface area contributed by atoms with Crippen molar-refractivity contribution < 1.29 is 4.79 Å². The van der Waals surface area contributed by atoms with Gasteiger partial charge in [0, 0.05) is 19.8 Å². The summed E-state index contributed by atoms with van der Waals surface area (Å²) in [5.41, 5.74) is 7.53. The summed E-state index contributed by atoms with van der Waals surface area (Å²) in [6, 6.07) is 5.02. The van der Waals surface area contributed by atoms with Gasteiger partial charge in [-0.05, 0) is 24.1 Å². The van der Waals surface area contributed by atoms with Crippen LogP contribution in [-0.2, 0) is 13.5 Å². The van der Waals surface area contributed by atoms with Gasteiger partial charge in [0.25, 0.3) is 5.91 Å². The van der Waals surface area contributed by atoms with E-state index in [4.69, 9.17) is 17.3 Å². The van der Waals surface area contributed by atoms with E-state index in [0.717, 1.165) is 12.0 Å². The van der Waals surface area contributed by atoms with Crippen LogP contribution in [0, 0.1) is 0 Å². The van der Waals surface area contributed by atoms with Crippen molar-refractivity contribution in [3.05, 3.63) is 46.7 Å². The molecule has 1 aromatic carbocycles. The zero-order chi connectivity index (χ0) is 13.8. The number of hydrogen-bond acceptors (Lipinski definition) is 3. The van der Waals surface area contributed by atoms with Crippen LogP contribution < -0.4 is 11.1 Å². The molecular formula is C13H15ClN4O. The molecular weight excluding hydrogens is 264 g/mol. The molecule has 0 fully saturated rings. The monoisotopic (exact) mass is 278 g/mol. The fourth-order valence-electron chi connectivity index (χ4n) is 1.74. The maximum atomic E-state index is 11.9. The summed E-state index contributed by atoms with van der Waals surface area (Å²) >= 11 is 5.99. The van der Waals surface area contributed by atoms with Crippen LogP contribution in [0.2, 0.25) is 5.02 Å². The maximum absolute atomic E-state index is 11.9. The third-order valence-electron chi connectivity index (χ3n) is 2.73. The number of carbonyl (C=O) groups is 1. The minimum absolute atomic E-state index is 0.221. The van der Waals surface area contributed by atoms with Crippen LogP contribution in [0.1, 0.15) is 15.9 Å². The molecule has 6 heteroatoms. The van der Waals surface area contributed by atoms with Crippen LogP contribution in [0.3, 0.4) is 0 Å². The molecule has 0 saturated carbocycles. The fourth-order valence-corrected chi connectivity index (χ4v) is 1.95. The molecule has 5 nitrogen and oxygen atoms in total. The van der Waals surface area contributed by atoms with Gasteiger partial charge < -0.3 is 11.1 Å². The number of halogens is 1. The van der Waals surface area contributed by atoms with Gasteiger partial charge in [-0.25, -0.2) is 0 Å². The molecule has 0 radical (unpaired) electrons. The van der Waals surface area contributed by atoms with Crippen LogP contribution in [0.15, 0.2) is 30.6 Å². The van der Waals surface area contributed by atoms with E-state index in [2.05, 4.69) is 10.4 Å². The van der Waals surface area contributed by atoms with Crippen molar-refractivity contribution in [2.75, 3.05) is 12.3 Å². The lowest BCUT2D eigenvalue weighted by atomic mass is 10.2. The Morgan fingerprint density at radius 2 is 2.32 bits per heavy atom. The number of hydrogen-bond donors (Lipinski definition) is 2. The van der Waals surface area contributed by atoms with E-state index in [1.807, 2.05) is 13.2 Å². The van der Waals surface area contributed by atoms with Crippen LogP contribution in [0.4, 0.5) is 5.69 Å². The molecule has 0 saturated heterocycles. The van der Waals surface area contributed by atoms with Gasteiger partial charge in [-0.1, -0.05) is 17.7 Å². The van der Waals surface area contributed by atoms with Crippen molar-refractivity contribution in [2.24, 2.45) is 7.05 Å². The van der Waals surface area contributed by atoms with Crippen LogP contribution in [0.25, 0.3) is 0 Å². The Bertz CT molecular complexity index is 594. The first-order valence-corrected chi connectivity index (χ1v) is 6.25. The second kappa shape index (κ2) is 5.75. The molecule has 19 heavy (non-hydrogen) atoms. The number of nitrogens with two attached hydrogens (primary N) is 1. The average molecular weight is 279 g/mol. The van der Waals surface area contributed by atoms with Gasteiger partial charge >= 0.3 is 0 Å². The molecule has 100 valence electrons. The quantitative estimate of drug-likeness (QED) is 0.835. The van der Waals surface area contributed by atoms with Gasteiger partial charge in [0.2, 0.25) is 0 Å². The van der Waals surface area contributed by atoms with Gasteiger partial charge in [0.1, 0.15) is 0 Å². The molecule has 0 atom stereocenters. The van der Waals surface area contributed by atoms with E-state index < -0.39 is 0 Å². The van der Waals surface area contributed by atoms with Gasteiger partial charge in [0.05, 0.1) is 22.5 Å². The lowest BCUT2D eigenvalue weighted by molar-refractivity contribution is 0.0954. The predicted octanol–water partition coefficient (Wildman–Crippen LogP) is 1.63. The smallest absolute Gasteiger partial charge is 0.252 e. The molecule has 3 N–H and O–H groups in total. The Labute approximate surface area is 116 Å². The third-order valence-corrected chi connectivity index (χ3v) is 3.15. The lowest BCUT2D eigenvalue weighted by Gasteiger charge is -2.07. The summed E-state index contributed by atoms with van der Waals surface area (Å²) in [6.07, 6.45) is 4.42. The molecule has 0 unspecified atom stereocenters. The Morgan fingerprint density at radius 1 is 1.53 bits per heavy atom.